The van der Waals surface area contributed by atoms with E-state index in [1.165, 1.54) is 6.42 Å². The van der Waals surface area contributed by atoms with Gasteiger partial charge < -0.3 is 15.0 Å². The first-order valence-electron chi connectivity index (χ1n) is 7.94. The number of likely N-dealkylation sites (tertiary alicyclic amines) is 1. The van der Waals surface area contributed by atoms with Crippen molar-refractivity contribution in [1.29, 1.82) is 0 Å². The number of pyridine rings is 1. The number of ether oxygens (including phenoxy) is 1. The van der Waals surface area contributed by atoms with Crippen LogP contribution in [0.15, 0.2) is 42.6 Å². The number of rotatable bonds is 4. The van der Waals surface area contributed by atoms with E-state index >= 15 is 0 Å². The second-order valence-electron chi connectivity index (χ2n) is 5.58. The number of methoxy groups -OCH3 is 1. The number of carbonyl (C=O) groups excluding carboxylic acids is 1. The summed E-state index contributed by atoms with van der Waals surface area (Å²) in [6, 6.07) is 11.2. The van der Waals surface area contributed by atoms with Crippen LogP contribution in [0.4, 0.5) is 11.5 Å². The third-order valence-electron chi connectivity index (χ3n) is 4.04. The molecule has 0 atom stereocenters. The molecule has 0 unspecified atom stereocenters. The molecule has 1 aliphatic heterocycles. The summed E-state index contributed by atoms with van der Waals surface area (Å²) < 4.78 is 5.35. The van der Waals surface area contributed by atoms with Crippen molar-refractivity contribution in [3.63, 3.8) is 0 Å². The van der Waals surface area contributed by atoms with Crippen LogP contribution in [-0.2, 0) is 0 Å². The van der Waals surface area contributed by atoms with E-state index in [1.807, 2.05) is 35.2 Å². The molecule has 120 valence electrons. The van der Waals surface area contributed by atoms with Gasteiger partial charge in [-0.25, -0.2) is 4.98 Å². The van der Waals surface area contributed by atoms with E-state index in [0.29, 0.717) is 11.4 Å². The highest BCUT2D eigenvalue weighted by atomic mass is 16.5. The minimum atomic E-state index is 0.0372. The van der Waals surface area contributed by atoms with E-state index in [4.69, 9.17) is 4.74 Å². The van der Waals surface area contributed by atoms with Crippen LogP contribution in [-0.4, -0.2) is 36.0 Å². The number of hydrogen-bond donors (Lipinski definition) is 1. The maximum absolute atomic E-state index is 12.8. The summed E-state index contributed by atoms with van der Waals surface area (Å²) in [6.07, 6.45) is 5.02. The lowest BCUT2D eigenvalue weighted by Gasteiger charge is -2.27. The van der Waals surface area contributed by atoms with Gasteiger partial charge in [-0.15, -0.1) is 0 Å². The predicted octanol–water partition coefficient (Wildman–Crippen LogP) is 3.46. The maximum atomic E-state index is 12.8. The summed E-state index contributed by atoms with van der Waals surface area (Å²) in [4.78, 5) is 19.0. The Morgan fingerprint density at radius 2 is 1.91 bits per heavy atom. The van der Waals surface area contributed by atoms with Gasteiger partial charge in [0.15, 0.2) is 0 Å². The van der Waals surface area contributed by atoms with Gasteiger partial charge in [-0.3, -0.25) is 4.79 Å². The minimum Gasteiger partial charge on any atom is -0.495 e. The summed E-state index contributed by atoms with van der Waals surface area (Å²) in [5, 5.41) is 3.23. The molecule has 1 saturated heterocycles. The number of nitrogens with zero attached hydrogens (tertiary/aromatic N) is 2. The zero-order chi connectivity index (χ0) is 16.1. The molecule has 2 heterocycles. The molecule has 0 bridgehead atoms. The number of para-hydroxylation sites is 2. The fraction of sp³-hybridized carbons (Fsp3) is 0.333. The van der Waals surface area contributed by atoms with Gasteiger partial charge in [-0.2, -0.15) is 0 Å². The van der Waals surface area contributed by atoms with Crippen molar-refractivity contribution in [2.24, 2.45) is 0 Å². The molecule has 0 radical (unpaired) electrons. The first kappa shape index (κ1) is 15.3. The van der Waals surface area contributed by atoms with Crippen molar-refractivity contribution in [3.05, 3.63) is 48.2 Å². The molecule has 1 fully saturated rings. The van der Waals surface area contributed by atoms with Crippen LogP contribution in [0.1, 0.15) is 29.6 Å². The molecular formula is C18H21N3O2. The Morgan fingerprint density at radius 3 is 2.70 bits per heavy atom. The van der Waals surface area contributed by atoms with E-state index in [-0.39, 0.29) is 5.91 Å². The molecule has 1 amide bonds. The van der Waals surface area contributed by atoms with Crippen LogP contribution in [0.5, 0.6) is 5.75 Å². The van der Waals surface area contributed by atoms with Crippen LogP contribution < -0.4 is 10.1 Å². The van der Waals surface area contributed by atoms with Crippen molar-refractivity contribution in [2.75, 3.05) is 25.5 Å². The van der Waals surface area contributed by atoms with Crippen molar-refractivity contribution in [2.45, 2.75) is 19.3 Å². The average Bonchev–Trinajstić information content (AvgIpc) is 2.63. The van der Waals surface area contributed by atoms with Gasteiger partial charge in [0, 0.05) is 19.3 Å². The van der Waals surface area contributed by atoms with Crippen molar-refractivity contribution < 1.29 is 9.53 Å². The Balaban J connectivity index is 1.87. The SMILES string of the molecule is COc1ccccc1Nc1ncccc1C(=O)N1CCCCC1. The van der Waals surface area contributed by atoms with Crippen molar-refractivity contribution in [3.8, 4) is 5.75 Å². The van der Waals surface area contributed by atoms with Crippen LogP contribution in [0.25, 0.3) is 0 Å². The summed E-state index contributed by atoms with van der Waals surface area (Å²) in [7, 11) is 1.62. The second-order valence-corrected chi connectivity index (χ2v) is 5.58. The Hall–Kier alpha value is -2.56. The number of benzene rings is 1. The van der Waals surface area contributed by atoms with Crippen molar-refractivity contribution in [1.82, 2.24) is 9.88 Å². The quantitative estimate of drug-likeness (QED) is 0.939. The number of hydrogen-bond acceptors (Lipinski definition) is 4. The number of aromatic nitrogens is 1. The van der Waals surface area contributed by atoms with E-state index < -0.39 is 0 Å². The zero-order valence-electron chi connectivity index (χ0n) is 13.3. The fourth-order valence-electron chi connectivity index (χ4n) is 2.82. The number of anilines is 2. The number of piperidine rings is 1. The molecule has 0 saturated carbocycles. The summed E-state index contributed by atoms with van der Waals surface area (Å²) in [5.41, 5.74) is 1.39. The molecular weight excluding hydrogens is 290 g/mol. The standard InChI is InChI=1S/C18H21N3O2/c1-23-16-10-4-3-9-15(16)20-17-14(8-7-11-19-17)18(22)21-12-5-2-6-13-21/h3-4,7-11H,2,5-6,12-13H2,1H3,(H,19,20). The van der Waals surface area contributed by atoms with E-state index in [2.05, 4.69) is 10.3 Å². The molecule has 5 heteroatoms. The van der Waals surface area contributed by atoms with Gasteiger partial charge in [0.25, 0.3) is 5.91 Å². The molecule has 5 nitrogen and oxygen atoms in total. The smallest absolute Gasteiger partial charge is 0.257 e. The Labute approximate surface area is 136 Å². The third kappa shape index (κ3) is 3.44. The van der Waals surface area contributed by atoms with Gasteiger partial charge in [0.2, 0.25) is 0 Å². The highest BCUT2D eigenvalue weighted by Gasteiger charge is 2.21. The Kier molecular flexibility index (Phi) is 4.76. The lowest BCUT2D eigenvalue weighted by Crippen LogP contribution is -2.36. The van der Waals surface area contributed by atoms with Gasteiger partial charge in [0.05, 0.1) is 18.4 Å². The van der Waals surface area contributed by atoms with Crippen molar-refractivity contribution >= 4 is 17.4 Å². The fourth-order valence-corrected chi connectivity index (χ4v) is 2.82. The van der Waals surface area contributed by atoms with Crippen LogP contribution in [0.3, 0.4) is 0 Å². The molecule has 1 aromatic heterocycles. The van der Waals surface area contributed by atoms with Gasteiger partial charge in [0.1, 0.15) is 11.6 Å². The molecule has 1 aliphatic rings. The van der Waals surface area contributed by atoms with E-state index in [0.717, 1.165) is 37.4 Å². The summed E-state index contributed by atoms with van der Waals surface area (Å²) >= 11 is 0. The normalized spacial score (nSPS) is 14.4. The lowest BCUT2D eigenvalue weighted by atomic mass is 10.1. The topological polar surface area (TPSA) is 54.5 Å². The Morgan fingerprint density at radius 1 is 1.13 bits per heavy atom. The third-order valence-corrected chi connectivity index (χ3v) is 4.04. The highest BCUT2D eigenvalue weighted by molar-refractivity contribution is 5.99. The molecule has 1 aromatic carbocycles. The largest absolute Gasteiger partial charge is 0.495 e. The summed E-state index contributed by atoms with van der Waals surface area (Å²) in [5.74, 6) is 1.32. The average molecular weight is 311 g/mol. The maximum Gasteiger partial charge on any atom is 0.257 e. The van der Waals surface area contributed by atoms with Gasteiger partial charge >= 0.3 is 0 Å². The number of nitrogens with one attached hydrogen (secondary N) is 1. The molecule has 0 spiro atoms. The van der Waals surface area contributed by atoms with Crippen LogP contribution >= 0.6 is 0 Å². The summed E-state index contributed by atoms with van der Waals surface area (Å²) in [6.45, 7) is 1.64. The lowest BCUT2D eigenvalue weighted by molar-refractivity contribution is 0.0725. The zero-order valence-corrected chi connectivity index (χ0v) is 13.3. The van der Waals surface area contributed by atoms with E-state index in [9.17, 15) is 4.79 Å². The molecule has 3 rings (SSSR count). The monoisotopic (exact) mass is 311 g/mol. The second kappa shape index (κ2) is 7.13. The number of amides is 1. The molecule has 1 N–H and O–H groups in total. The van der Waals surface area contributed by atoms with Crippen LogP contribution in [0, 0.1) is 0 Å². The molecule has 23 heavy (non-hydrogen) atoms. The highest BCUT2D eigenvalue weighted by Crippen LogP contribution is 2.28. The first-order chi connectivity index (χ1) is 11.3. The van der Waals surface area contributed by atoms with E-state index in [1.54, 1.807) is 19.4 Å². The van der Waals surface area contributed by atoms with Crippen LogP contribution in [0.2, 0.25) is 0 Å². The predicted molar refractivity (Wildman–Crippen MR) is 90.3 cm³/mol. The first-order valence-corrected chi connectivity index (χ1v) is 7.94. The Bertz CT molecular complexity index is 681. The molecule has 0 aliphatic carbocycles. The van der Waals surface area contributed by atoms with Gasteiger partial charge in [-0.05, 0) is 43.5 Å². The minimum absolute atomic E-state index is 0.0372. The molecule has 2 aromatic rings. The number of carbonyl (C=O) groups is 1. The van der Waals surface area contributed by atoms with Gasteiger partial charge in [-0.1, -0.05) is 12.1 Å².